The lowest BCUT2D eigenvalue weighted by atomic mass is 9.67. The average Bonchev–Trinajstić information content (AvgIpc) is 3.17. The Hall–Kier alpha value is -0.600. The summed E-state index contributed by atoms with van der Waals surface area (Å²) < 4.78 is 0. The molecule has 2 saturated carbocycles. The average molecular weight is 400 g/mol. The normalized spacial score (nSPS) is 42.5. The van der Waals surface area contributed by atoms with Crippen LogP contribution < -0.4 is 5.32 Å². The molecule has 7 atom stereocenters. The molecule has 7 unspecified atom stereocenters. The van der Waals surface area contributed by atoms with Crippen molar-refractivity contribution in [3.8, 4) is 0 Å². The molecule has 1 aromatic rings. The van der Waals surface area contributed by atoms with Crippen LogP contribution in [0.2, 0.25) is 0 Å². The molecule has 1 heterocycles. The zero-order valence-electron chi connectivity index (χ0n) is 15.3. The fourth-order valence-electron chi connectivity index (χ4n) is 6.60. The van der Waals surface area contributed by atoms with Crippen LogP contribution in [0.25, 0.3) is 6.08 Å². The number of hydrogen-bond acceptors (Lipinski definition) is 1. The highest BCUT2D eigenvalue weighted by atomic mass is 79.9. The quantitative estimate of drug-likeness (QED) is 0.652. The van der Waals surface area contributed by atoms with E-state index in [-0.39, 0.29) is 0 Å². The summed E-state index contributed by atoms with van der Waals surface area (Å²) in [7, 11) is 0. The van der Waals surface area contributed by atoms with Crippen molar-refractivity contribution in [2.24, 2.45) is 29.6 Å². The molecule has 1 aliphatic heterocycles. The number of rotatable bonds is 2. The first-order valence-electron chi connectivity index (χ1n) is 10.4. The standard InChI is InChI=1S/C23H30BrN/c1-14-9-21-20(13-22-18(23(21)24)7-4-8-25-22)19(14)12-15-10-16-5-2-3-6-17(16)11-15/h2-3,5-6,10,14,18-23,25H,4,7-9,11-13H2,1H3. The maximum absolute atomic E-state index is 4.17. The Kier molecular flexibility index (Phi) is 4.33. The fraction of sp³-hybridized carbons (Fsp3) is 0.652. The van der Waals surface area contributed by atoms with Crippen molar-refractivity contribution in [3.05, 3.63) is 41.0 Å². The molecule has 134 valence electrons. The zero-order valence-corrected chi connectivity index (χ0v) is 16.8. The molecule has 1 aromatic carbocycles. The van der Waals surface area contributed by atoms with Crippen molar-refractivity contribution in [3.63, 3.8) is 0 Å². The Balaban J connectivity index is 1.34. The van der Waals surface area contributed by atoms with Gasteiger partial charge in [0.1, 0.15) is 0 Å². The van der Waals surface area contributed by atoms with Gasteiger partial charge in [-0.3, -0.25) is 0 Å². The van der Waals surface area contributed by atoms with Crippen LogP contribution in [0, 0.1) is 29.6 Å². The van der Waals surface area contributed by atoms with E-state index in [0.29, 0.717) is 0 Å². The van der Waals surface area contributed by atoms with Crippen molar-refractivity contribution in [2.45, 2.75) is 56.3 Å². The summed E-state index contributed by atoms with van der Waals surface area (Å²) in [6, 6.07) is 9.73. The summed E-state index contributed by atoms with van der Waals surface area (Å²) in [6.45, 7) is 3.77. The van der Waals surface area contributed by atoms with E-state index in [1.807, 2.05) is 0 Å². The van der Waals surface area contributed by atoms with Crippen molar-refractivity contribution < 1.29 is 0 Å². The van der Waals surface area contributed by atoms with Gasteiger partial charge >= 0.3 is 0 Å². The molecule has 0 amide bonds. The smallest absolute Gasteiger partial charge is 0.0220 e. The van der Waals surface area contributed by atoms with Gasteiger partial charge in [0.2, 0.25) is 0 Å². The molecule has 3 fully saturated rings. The molecule has 2 heteroatoms. The largest absolute Gasteiger partial charge is 0.314 e. The highest BCUT2D eigenvalue weighted by Crippen LogP contribution is 2.55. The van der Waals surface area contributed by atoms with Crippen LogP contribution in [-0.4, -0.2) is 17.4 Å². The van der Waals surface area contributed by atoms with E-state index in [9.17, 15) is 0 Å². The minimum absolute atomic E-state index is 0.742. The summed E-state index contributed by atoms with van der Waals surface area (Å²) >= 11 is 4.17. The van der Waals surface area contributed by atoms with Crippen molar-refractivity contribution in [1.29, 1.82) is 0 Å². The number of fused-ring (bicyclic) bond motifs is 3. The summed E-state index contributed by atoms with van der Waals surface area (Å²) in [5, 5.41) is 3.86. The van der Waals surface area contributed by atoms with Crippen LogP contribution in [0.4, 0.5) is 0 Å². The molecular formula is C23H30BrN. The van der Waals surface area contributed by atoms with Gasteiger partial charge in [0.15, 0.2) is 0 Å². The number of benzene rings is 1. The Morgan fingerprint density at radius 2 is 2.00 bits per heavy atom. The van der Waals surface area contributed by atoms with Gasteiger partial charge in [0, 0.05) is 10.9 Å². The molecule has 1 N–H and O–H groups in total. The lowest BCUT2D eigenvalue weighted by Crippen LogP contribution is -2.52. The minimum atomic E-state index is 0.742. The SMILES string of the molecule is CC1CC2C(Br)C3CCCNC3CC2C1CC1=Cc2ccccc2C1. The first-order chi connectivity index (χ1) is 12.2. The first kappa shape index (κ1) is 16.6. The summed E-state index contributed by atoms with van der Waals surface area (Å²) in [6.07, 6.45) is 10.7. The predicted molar refractivity (Wildman–Crippen MR) is 109 cm³/mol. The van der Waals surface area contributed by atoms with Gasteiger partial charge in [-0.25, -0.2) is 0 Å². The molecule has 5 rings (SSSR count). The second-order valence-electron chi connectivity index (χ2n) is 9.13. The minimum Gasteiger partial charge on any atom is -0.314 e. The van der Waals surface area contributed by atoms with Gasteiger partial charge < -0.3 is 5.32 Å². The molecule has 1 nitrogen and oxygen atoms in total. The van der Waals surface area contributed by atoms with E-state index < -0.39 is 0 Å². The van der Waals surface area contributed by atoms with Gasteiger partial charge in [-0.05, 0) is 85.8 Å². The highest BCUT2D eigenvalue weighted by molar-refractivity contribution is 9.09. The van der Waals surface area contributed by atoms with E-state index in [1.165, 1.54) is 56.2 Å². The Morgan fingerprint density at radius 1 is 1.12 bits per heavy atom. The number of hydrogen-bond donors (Lipinski definition) is 1. The molecule has 25 heavy (non-hydrogen) atoms. The van der Waals surface area contributed by atoms with Crippen LogP contribution in [0.3, 0.4) is 0 Å². The van der Waals surface area contributed by atoms with Crippen LogP contribution >= 0.6 is 15.9 Å². The number of halogens is 1. The monoisotopic (exact) mass is 399 g/mol. The third kappa shape index (κ3) is 2.84. The van der Waals surface area contributed by atoms with E-state index in [4.69, 9.17) is 0 Å². The number of piperidine rings is 1. The lowest BCUT2D eigenvalue weighted by Gasteiger charge is -2.47. The molecule has 0 bridgehead atoms. The van der Waals surface area contributed by atoms with Crippen LogP contribution in [0.1, 0.15) is 50.2 Å². The van der Waals surface area contributed by atoms with Crippen molar-refractivity contribution in [1.82, 2.24) is 5.32 Å². The molecule has 0 spiro atoms. The summed E-state index contributed by atoms with van der Waals surface area (Å²) in [5.74, 6) is 4.45. The molecule has 0 radical (unpaired) electrons. The maximum atomic E-state index is 4.17. The van der Waals surface area contributed by atoms with E-state index in [2.05, 4.69) is 58.5 Å². The molecular weight excluding hydrogens is 370 g/mol. The Bertz CT molecular complexity index is 680. The zero-order chi connectivity index (χ0) is 17.0. The molecule has 3 aliphatic carbocycles. The molecule has 1 saturated heterocycles. The van der Waals surface area contributed by atoms with Crippen molar-refractivity contribution >= 4 is 22.0 Å². The predicted octanol–water partition coefficient (Wildman–Crippen LogP) is 5.44. The lowest BCUT2D eigenvalue weighted by molar-refractivity contribution is 0.116. The Labute approximate surface area is 160 Å². The van der Waals surface area contributed by atoms with E-state index in [0.717, 1.165) is 40.5 Å². The number of allylic oxidation sites excluding steroid dienone is 1. The molecule has 4 aliphatic rings. The van der Waals surface area contributed by atoms with Crippen LogP contribution in [0.15, 0.2) is 29.8 Å². The van der Waals surface area contributed by atoms with Crippen LogP contribution in [-0.2, 0) is 6.42 Å². The van der Waals surface area contributed by atoms with Crippen LogP contribution in [0.5, 0.6) is 0 Å². The first-order valence-corrected chi connectivity index (χ1v) is 11.3. The van der Waals surface area contributed by atoms with Gasteiger partial charge in [-0.15, -0.1) is 0 Å². The highest BCUT2D eigenvalue weighted by Gasteiger charge is 2.51. The van der Waals surface area contributed by atoms with Gasteiger partial charge in [0.25, 0.3) is 0 Å². The van der Waals surface area contributed by atoms with Gasteiger partial charge in [-0.1, -0.05) is 58.8 Å². The topological polar surface area (TPSA) is 12.0 Å². The fourth-order valence-corrected chi connectivity index (χ4v) is 7.84. The third-order valence-corrected chi connectivity index (χ3v) is 9.14. The van der Waals surface area contributed by atoms with Crippen molar-refractivity contribution in [2.75, 3.05) is 6.54 Å². The number of alkyl halides is 1. The molecule has 0 aromatic heterocycles. The van der Waals surface area contributed by atoms with E-state index in [1.54, 1.807) is 5.57 Å². The summed E-state index contributed by atoms with van der Waals surface area (Å²) in [5.41, 5.74) is 4.69. The second-order valence-corrected chi connectivity index (χ2v) is 10.2. The van der Waals surface area contributed by atoms with Gasteiger partial charge in [0.05, 0.1) is 0 Å². The second kappa shape index (κ2) is 6.53. The maximum Gasteiger partial charge on any atom is 0.0220 e. The number of nitrogens with one attached hydrogen (secondary N) is 1. The summed E-state index contributed by atoms with van der Waals surface area (Å²) in [4.78, 5) is 0.742. The van der Waals surface area contributed by atoms with Gasteiger partial charge in [-0.2, -0.15) is 0 Å². The van der Waals surface area contributed by atoms with E-state index >= 15 is 0 Å². The Morgan fingerprint density at radius 3 is 2.88 bits per heavy atom. The third-order valence-electron chi connectivity index (χ3n) is 7.79.